The third-order valence-electron chi connectivity index (χ3n) is 2.36. The molecule has 0 aliphatic carbocycles. The molecule has 1 nitrogen and oxygen atoms in total. The molecular weight excluding hydrogens is 208 g/mol. The second-order valence-corrected chi connectivity index (χ2v) is 3.90. The molecule has 0 bridgehead atoms. The summed E-state index contributed by atoms with van der Waals surface area (Å²) in [6, 6.07) is 13.7. The van der Waals surface area contributed by atoms with Crippen LogP contribution in [-0.4, -0.2) is 5.11 Å². The van der Waals surface area contributed by atoms with E-state index in [4.69, 9.17) is 11.6 Å². The number of halogens is 1. The van der Waals surface area contributed by atoms with Crippen LogP contribution in [0.3, 0.4) is 0 Å². The van der Waals surface area contributed by atoms with Crippen LogP contribution >= 0.6 is 11.6 Å². The lowest BCUT2D eigenvalue weighted by atomic mass is 10.0. The molecule has 0 aliphatic heterocycles. The van der Waals surface area contributed by atoms with Gasteiger partial charge in [0, 0.05) is 0 Å². The molecule has 1 N–H and O–H groups in total. The summed E-state index contributed by atoms with van der Waals surface area (Å²) in [6.07, 6.45) is 0. The Morgan fingerprint density at radius 3 is 2.27 bits per heavy atom. The Balaban J connectivity index is 2.56. The van der Waals surface area contributed by atoms with Crippen molar-refractivity contribution in [3.05, 3.63) is 53.1 Å². The fourth-order valence-corrected chi connectivity index (χ4v) is 1.80. The Morgan fingerprint density at radius 1 is 1.00 bits per heavy atom. The molecule has 2 aromatic rings. The van der Waals surface area contributed by atoms with Crippen LogP contribution in [-0.2, 0) is 0 Å². The molecule has 0 heterocycles. The Hall–Kier alpha value is -1.47. The Kier molecular flexibility index (Phi) is 2.65. The molecule has 0 aliphatic rings. The lowest BCUT2D eigenvalue weighted by molar-refractivity contribution is 0.471. The predicted octanol–water partition coefficient (Wildman–Crippen LogP) is 4.02. The number of aryl methyl sites for hydroxylation is 1. The van der Waals surface area contributed by atoms with Crippen molar-refractivity contribution in [2.24, 2.45) is 0 Å². The second-order valence-electron chi connectivity index (χ2n) is 3.49. The largest absolute Gasteiger partial charge is 0.506 e. The maximum Gasteiger partial charge on any atom is 0.137 e. The van der Waals surface area contributed by atoms with Crippen molar-refractivity contribution in [2.45, 2.75) is 6.92 Å². The summed E-state index contributed by atoms with van der Waals surface area (Å²) in [5.41, 5.74) is 2.92. The van der Waals surface area contributed by atoms with Crippen LogP contribution in [0.5, 0.6) is 5.75 Å². The summed E-state index contributed by atoms with van der Waals surface area (Å²) >= 11 is 5.92. The van der Waals surface area contributed by atoms with Gasteiger partial charge in [-0.05, 0) is 35.7 Å². The third-order valence-corrected chi connectivity index (χ3v) is 2.65. The number of hydrogen-bond acceptors (Lipinski definition) is 1. The molecule has 0 fully saturated rings. The molecule has 0 aromatic heterocycles. The van der Waals surface area contributed by atoms with Crippen molar-refractivity contribution in [2.75, 3.05) is 0 Å². The van der Waals surface area contributed by atoms with E-state index >= 15 is 0 Å². The molecule has 0 saturated carbocycles. The van der Waals surface area contributed by atoms with Gasteiger partial charge in [-0.2, -0.15) is 0 Å². The van der Waals surface area contributed by atoms with Crippen LogP contribution in [0.4, 0.5) is 0 Å². The average molecular weight is 219 g/mol. The van der Waals surface area contributed by atoms with Crippen LogP contribution in [0.15, 0.2) is 42.5 Å². The van der Waals surface area contributed by atoms with E-state index in [0.29, 0.717) is 5.02 Å². The van der Waals surface area contributed by atoms with Gasteiger partial charge in [0.15, 0.2) is 0 Å². The molecule has 2 aromatic carbocycles. The second kappa shape index (κ2) is 3.95. The van der Waals surface area contributed by atoms with Crippen LogP contribution in [0.1, 0.15) is 5.56 Å². The Morgan fingerprint density at radius 2 is 1.67 bits per heavy atom. The van der Waals surface area contributed by atoms with Crippen LogP contribution in [0.2, 0.25) is 5.02 Å². The van der Waals surface area contributed by atoms with E-state index in [1.165, 1.54) is 0 Å². The van der Waals surface area contributed by atoms with Gasteiger partial charge in [0.1, 0.15) is 5.75 Å². The van der Waals surface area contributed by atoms with Crippen molar-refractivity contribution in [1.29, 1.82) is 0 Å². The highest BCUT2D eigenvalue weighted by molar-refractivity contribution is 6.32. The van der Waals surface area contributed by atoms with E-state index in [1.54, 1.807) is 6.07 Å². The smallest absolute Gasteiger partial charge is 0.137 e. The molecule has 0 spiro atoms. The van der Waals surface area contributed by atoms with Crippen molar-refractivity contribution in [1.82, 2.24) is 0 Å². The van der Waals surface area contributed by atoms with Gasteiger partial charge in [-0.3, -0.25) is 0 Å². The minimum atomic E-state index is 0.163. The number of phenolic OH excluding ortho intramolecular Hbond substituents is 1. The Labute approximate surface area is 94.0 Å². The van der Waals surface area contributed by atoms with E-state index < -0.39 is 0 Å². The normalized spacial score (nSPS) is 10.3. The van der Waals surface area contributed by atoms with Gasteiger partial charge < -0.3 is 5.11 Å². The molecular formula is C13H11ClO. The van der Waals surface area contributed by atoms with Gasteiger partial charge in [0.2, 0.25) is 0 Å². The highest BCUT2D eigenvalue weighted by atomic mass is 35.5. The first-order valence-electron chi connectivity index (χ1n) is 4.73. The maximum atomic E-state index is 9.55. The van der Waals surface area contributed by atoms with E-state index in [9.17, 15) is 5.11 Å². The lowest BCUT2D eigenvalue weighted by Crippen LogP contribution is -1.81. The zero-order valence-corrected chi connectivity index (χ0v) is 9.12. The highest BCUT2D eigenvalue weighted by Gasteiger charge is 2.05. The first-order chi connectivity index (χ1) is 7.18. The summed E-state index contributed by atoms with van der Waals surface area (Å²) in [5.74, 6) is 0.163. The third kappa shape index (κ3) is 1.97. The first-order valence-corrected chi connectivity index (χ1v) is 5.11. The zero-order valence-electron chi connectivity index (χ0n) is 8.37. The zero-order chi connectivity index (χ0) is 10.8. The Bertz CT molecular complexity index is 454. The standard InChI is InChI=1S/C13H11ClO/c1-9-7-11(8-12(14)13(9)15)10-5-3-2-4-6-10/h2-8,15H,1H3. The number of hydrogen-bond donors (Lipinski definition) is 1. The molecule has 0 saturated heterocycles. The monoisotopic (exact) mass is 218 g/mol. The quantitative estimate of drug-likeness (QED) is 0.767. The summed E-state index contributed by atoms with van der Waals surface area (Å²) in [6.45, 7) is 1.84. The van der Waals surface area contributed by atoms with Crippen molar-refractivity contribution >= 4 is 11.6 Å². The van der Waals surface area contributed by atoms with Crippen LogP contribution in [0.25, 0.3) is 11.1 Å². The van der Waals surface area contributed by atoms with Gasteiger partial charge in [0.05, 0.1) is 5.02 Å². The molecule has 15 heavy (non-hydrogen) atoms. The molecule has 0 amide bonds. The van der Waals surface area contributed by atoms with E-state index in [0.717, 1.165) is 16.7 Å². The van der Waals surface area contributed by atoms with Gasteiger partial charge in [0.25, 0.3) is 0 Å². The average Bonchev–Trinajstić information content (AvgIpc) is 2.26. The molecule has 0 atom stereocenters. The van der Waals surface area contributed by atoms with Gasteiger partial charge >= 0.3 is 0 Å². The van der Waals surface area contributed by atoms with Crippen LogP contribution in [0, 0.1) is 6.92 Å². The number of rotatable bonds is 1. The fraction of sp³-hybridized carbons (Fsp3) is 0.0769. The molecule has 0 radical (unpaired) electrons. The topological polar surface area (TPSA) is 20.2 Å². The van der Waals surface area contributed by atoms with Gasteiger partial charge in [-0.25, -0.2) is 0 Å². The van der Waals surface area contributed by atoms with Crippen molar-refractivity contribution in [3.8, 4) is 16.9 Å². The van der Waals surface area contributed by atoms with Crippen molar-refractivity contribution in [3.63, 3.8) is 0 Å². The SMILES string of the molecule is Cc1cc(-c2ccccc2)cc(Cl)c1O. The van der Waals surface area contributed by atoms with Crippen LogP contribution < -0.4 is 0 Å². The number of phenols is 1. The molecule has 0 unspecified atom stereocenters. The maximum absolute atomic E-state index is 9.55. The number of aromatic hydroxyl groups is 1. The first kappa shape index (κ1) is 10.1. The van der Waals surface area contributed by atoms with E-state index in [1.807, 2.05) is 43.3 Å². The van der Waals surface area contributed by atoms with E-state index in [-0.39, 0.29) is 5.75 Å². The van der Waals surface area contributed by atoms with Gasteiger partial charge in [-0.15, -0.1) is 0 Å². The minimum absolute atomic E-state index is 0.163. The van der Waals surface area contributed by atoms with Gasteiger partial charge in [-0.1, -0.05) is 41.9 Å². The highest BCUT2D eigenvalue weighted by Crippen LogP contribution is 2.32. The fourth-order valence-electron chi connectivity index (χ4n) is 1.53. The molecule has 2 rings (SSSR count). The minimum Gasteiger partial charge on any atom is -0.506 e. The predicted molar refractivity (Wildman–Crippen MR) is 63.3 cm³/mol. The molecule has 2 heteroatoms. The summed E-state index contributed by atoms with van der Waals surface area (Å²) < 4.78 is 0. The van der Waals surface area contributed by atoms with E-state index in [2.05, 4.69) is 0 Å². The van der Waals surface area contributed by atoms with Crippen molar-refractivity contribution < 1.29 is 5.11 Å². The lowest BCUT2D eigenvalue weighted by Gasteiger charge is -2.06. The number of benzene rings is 2. The summed E-state index contributed by atoms with van der Waals surface area (Å²) in [7, 11) is 0. The summed E-state index contributed by atoms with van der Waals surface area (Å²) in [4.78, 5) is 0. The summed E-state index contributed by atoms with van der Waals surface area (Å²) in [5, 5.41) is 9.94. The molecule has 76 valence electrons.